The van der Waals surface area contributed by atoms with Crippen molar-refractivity contribution in [1.29, 1.82) is 0 Å². The standard InChI is InChI=1S/C8H12BrIO3/c1-5(2)4-13-7(11)3-6(9)8(10)12/h5-6H,3-4H2,1-2H3. The zero-order valence-electron chi connectivity index (χ0n) is 7.55. The molecule has 0 aromatic heterocycles. The quantitative estimate of drug-likeness (QED) is 0.326. The number of ether oxygens (including phenoxy) is 1. The molecule has 0 fully saturated rings. The fourth-order valence-electron chi connectivity index (χ4n) is 0.545. The molecule has 0 heterocycles. The second kappa shape index (κ2) is 6.75. The molecule has 0 aromatic rings. The van der Waals surface area contributed by atoms with Gasteiger partial charge in [0.05, 0.1) is 17.9 Å². The summed E-state index contributed by atoms with van der Waals surface area (Å²) in [4.78, 5) is 21.4. The lowest BCUT2D eigenvalue weighted by atomic mass is 10.2. The van der Waals surface area contributed by atoms with Crippen LogP contribution >= 0.6 is 38.5 Å². The number of carbonyl (C=O) groups is 2. The van der Waals surface area contributed by atoms with E-state index in [9.17, 15) is 9.59 Å². The van der Waals surface area contributed by atoms with E-state index in [0.717, 1.165) is 0 Å². The number of alkyl halides is 1. The minimum atomic E-state index is -0.423. The molecule has 3 nitrogen and oxygen atoms in total. The summed E-state index contributed by atoms with van der Waals surface area (Å²) in [5.41, 5.74) is 0. The second-order valence-electron chi connectivity index (χ2n) is 3.05. The van der Waals surface area contributed by atoms with Crippen molar-refractivity contribution in [3.63, 3.8) is 0 Å². The first-order valence-corrected chi connectivity index (χ1v) is 5.92. The molecule has 1 unspecified atom stereocenters. The first-order valence-electron chi connectivity index (χ1n) is 3.92. The summed E-state index contributed by atoms with van der Waals surface area (Å²) in [7, 11) is 0. The Bertz CT molecular complexity index is 194. The van der Waals surface area contributed by atoms with Crippen molar-refractivity contribution in [2.75, 3.05) is 6.61 Å². The van der Waals surface area contributed by atoms with E-state index in [1.807, 2.05) is 13.8 Å². The van der Waals surface area contributed by atoms with Crippen molar-refractivity contribution in [2.45, 2.75) is 25.1 Å². The zero-order chi connectivity index (χ0) is 10.4. The Kier molecular flexibility index (Phi) is 6.93. The van der Waals surface area contributed by atoms with E-state index >= 15 is 0 Å². The van der Waals surface area contributed by atoms with Crippen molar-refractivity contribution in [2.24, 2.45) is 5.92 Å². The minimum absolute atomic E-state index is 0.0842. The van der Waals surface area contributed by atoms with E-state index in [1.165, 1.54) is 0 Å². The van der Waals surface area contributed by atoms with E-state index in [2.05, 4.69) is 15.9 Å². The first kappa shape index (κ1) is 13.4. The van der Waals surface area contributed by atoms with Crippen LogP contribution in [0.25, 0.3) is 0 Å². The molecule has 0 aliphatic rings. The van der Waals surface area contributed by atoms with Gasteiger partial charge in [0.2, 0.25) is 3.79 Å². The van der Waals surface area contributed by atoms with Crippen LogP contribution in [0, 0.1) is 5.92 Å². The Morgan fingerprint density at radius 2 is 2.00 bits per heavy atom. The number of rotatable bonds is 5. The Hall–Kier alpha value is 0.350. The summed E-state index contributed by atoms with van der Waals surface area (Å²) < 4.78 is 4.82. The maximum atomic E-state index is 11.1. The predicted octanol–water partition coefficient (Wildman–Crippen LogP) is 2.30. The fraction of sp³-hybridized carbons (Fsp3) is 0.750. The number of hydrogen-bond acceptors (Lipinski definition) is 3. The molecular weight excluding hydrogens is 351 g/mol. The van der Waals surface area contributed by atoms with Gasteiger partial charge in [-0.25, -0.2) is 0 Å². The normalized spacial score (nSPS) is 12.7. The van der Waals surface area contributed by atoms with Crippen molar-refractivity contribution < 1.29 is 14.3 Å². The SMILES string of the molecule is CC(C)COC(=O)CC(Br)C(=O)I. The van der Waals surface area contributed by atoms with Gasteiger partial charge in [-0.05, 0) is 5.92 Å². The Balaban J connectivity index is 3.68. The third kappa shape index (κ3) is 7.42. The third-order valence-corrected chi connectivity index (χ3v) is 3.52. The number of hydrogen-bond donors (Lipinski definition) is 0. The molecule has 0 amide bonds. The van der Waals surface area contributed by atoms with E-state index in [-0.39, 0.29) is 16.2 Å². The van der Waals surface area contributed by atoms with Crippen LogP contribution in [-0.2, 0) is 14.3 Å². The molecule has 0 aromatic carbocycles. The van der Waals surface area contributed by atoms with Crippen LogP contribution in [0.1, 0.15) is 20.3 Å². The summed E-state index contributed by atoms with van der Waals surface area (Å²) in [5, 5.41) is 0. The molecular formula is C8H12BrIO3. The van der Waals surface area contributed by atoms with Crippen LogP contribution in [0.5, 0.6) is 0 Å². The smallest absolute Gasteiger partial charge is 0.307 e. The van der Waals surface area contributed by atoms with Crippen molar-refractivity contribution in [3.8, 4) is 0 Å². The average molecular weight is 363 g/mol. The van der Waals surface area contributed by atoms with Gasteiger partial charge >= 0.3 is 5.97 Å². The Morgan fingerprint density at radius 1 is 1.46 bits per heavy atom. The molecule has 1 atom stereocenters. The third-order valence-electron chi connectivity index (χ3n) is 1.17. The molecule has 0 bridgehead atoms. The van der Waals surface area contributed by atoms with Gasteiger partial charge in [0.1, 0.15) is 0 Å². The summed E-state index contributed by atoms with van der Waals surface area (Å²) in [6.45, 7) is 4.33. The minimum Gasteiger partial charge on any atom is -0.465 e. The van der Waals surface area contributed by atoms with Gasteiger partial charge in [-0.15, -0.1) is 0 Å². The Labute approximate surface area is 99.9 Å². The molecule has 0 N–H and O–H groups in total. The highest BCUT2D eigenvalue weighted by atomic mass is 127. The maximum absolute atomic E-state index is 11.1. The lowest BCUT2D eigenvalue weighted by Crippen LogP contribution is -2.17. The van der Waals surface area contributed by atoms with Crippen molar-refractivity contribution >= 4 is 48.3 Å². The molecule has 0 rings (SSSR count). The van der Waals surface area contributed by atoms with Crippen molar-refractivity contribution in [1.82, 2.24) is 0 Å². The van der Waals surface area contributed by atoms with Crippen LogP contribution in [-0.4, -0.2) is 21.2 Å². The average Bonchev–Trinajstić information content (AvgIpc) is 2.00. The number of halogens is 2. The molecule has 0 radical (unpaired) electrons. The summed E-state index contributed by atoms with van der Waals surface area (Å²) in [6.07, 6.45) is 0.106. The monoisotopic (exact) mass is 362 g/mol. The Morgan fingerprint density at radius 3 is 2.38 bits per heavy atom. The van der Waals surface area contributed by atoms with E-state index in [4.69, 9.17) is 4.74 Å². The molecule has 76 valence electrons. The number of carbonyl (C=O) groups excluding carboxylic acids is 2. The van der Waals surface area contributed by atoms with Gasteiger partial charge in [0, 0.05) is 22.6 Å². The highest BCUT2D eigenvalue weighted by Gasteiger charge is 2.17. The largest absolute Gasteiger partial charge is 0.465 e. The summed E-state index contributed by atoms with van der Waals surface area (Å²) in [6, 6.07) is 0. The van der Waals surface area contributed by atoms with Gasteiger partial charge in [-0.2, -0.15) is 0 Å². The summed E-state index contributed by atoms with van der Waals surface area (Å²) in [5.74, 6) is -0.00591. The molecule has 0 saturated carbocycles. The highest BCUT2D eigenvalue weighted by Crippen LogP contribution is 2.11. The molecule has 0 spiro atoms. The van der Waals surface area contributed by atoms with Crippen LogP contribution < -0.4 is 0 Å². The van der Waals surface area contributed by atoms with Crippen molar-refractivity contribution in [3.05, 3.63) is 0 Å². The van der Waals surface area contributed by atoms with E-state index in [1.54, 1.807) is 22.6 Å². The lowest BCUT2D eigenvalue weighted by Gasteiger charge is -2.08. The van der Waals surface area contributed by atoms with Gasteiger partial charge in [0.25, 0.3) is 0 Å². The van der Waals surface area contributed by atoms with E-state index < -0.39 is 4.83 Å². The van der Waals surface area contributed by atoms with Gasteiger partial charge < -0.3 is 4.74 Å². The van der Waals surface area contributed by atoms with Crippen LogP contribution in [0.2, 0.25) is 0 Å². The topological polar surface area (TPSA) is 43.4 Å². The van der Waals surface area contributed by atoms with Gasteiger partial charge in [-0.3, -0.25) is 9.59 Å². The first-order chi connectivity index (χ1) is 5.93. The fourth-order valence-corrected chi connectivity index (χ4v) is 1.03. The predicted molar refractivity (Wildman–Crippen MR) is 62.2 cm³/mol. The molecule has 5 heteroatoms. The second-order valence-corrected chi connectivity index (χ2v) is 5.22. The molecule has 0 aliphatic carbocycles. The molecule has 13 heavy (non-hydrogen) atoms. The van der Waals surface area contributed by atoms with Gasteiger partial charge in [0.15, 0.2) is 0 Å². The van der Waals surface area contributed by atoms with Crippen LogP contribution in [0.4, 0.5) is 0 Å². The molecule has 0 saturated heterocycles. The van der Waals surface area contributed by atoms with Crippen LogP contribution in [0.15, 0.2) is 0 Å². The zero-order valence-corrected chi connectivity index (χ0v) is 11.3. The maximum Gasteiger partial charge on any atom is 0.307 e. The number of esters is 1. The molecule has 0 aliphatic heterocycles. The van der Waals surface area contributed by atoms with Gasteiger partial charge in [-0.1, -0.05) is 29.8 Å². The van der Waals surface area contributed by atoms with E-state index in [0.29, 0.717) is 12.5 Å². The van der Waals surface area contributed by atoms with Crippen LogP contribution in [0.3, 0.4) is 0 Å². The lowest BCUT2D eigenvalue weighted by molar-refractivity contribution is -0.145. The highest BCUT2D eigenvalue weighted by molar-refractivity contribution is 14.1. The summed E-state index contributed by atoms with van der Waals surface area (Å²) >= 11 is 4.74.